The zero-order valence-electron chi connectivity index (χ0n) is 8.19. The first kappa shape index (κ1) is 10.7. The highest BCUT2D eigenvalue weighted by atomic mass is 16.7. The van der Waals surface area contributed by atoms with Gasteiger partial charge in [0, 0.05) is 25.5 Å². The van der Waals surface area contributed by atoms with E-state index in [1.165, 1.54) is 0 Å². The first-order valence-electron chi connectivity index (χ1n) is 4.18. The molecule has 1 rings (SSSR count). The summed E-state index contributed by atoms with van der Waals surface area (Å²) in [6, 6.07) is 7.31. The zero-order chi connectivity index (χ0) is 10.4. The Labute approximate surface area is 82.8 Å². The molecule has 0 aromatic heterocycles. The predicted molar refractivity (Wildman–Crippen MR) is 52.9 cm³/mol. The second-order valence-electron chi connectivity index (χ2n) is 2.65. The van der Waals surface area contributed by atoms with Crippen LogP contribution in [0.1, 0.15) is 11.9 Å². The summed E-state index contributed by atoms with van der Waals surface area (Å²) < 4.78 is 10.2. The van der Waals surface area contributed by atoms with Crippen LogP contribution in [0.3, 0.4) is 0 Å². The van der Waals surface area contributed by atoms with Crippen LogP contribution in [0.2, 0.25) is 0 Å². The van der Waals surface area contributed by atoms with Crippen LogP contribution < -0.4 is 5.32 Å². The number of benzene rings is 1. The van der Waals surface area contributed by atoms with Crippen molar-refractivity contribution < 1.29 is 14.3 Å². The molecule has 14 heavy (non-hydrogen) atoms. The Bertz CT molecular complexity index is 297. The van der Waals surface area contributed by atoms with Crippen LogP contribution in [0.15, 0.2) is 24.3 Å². The lowest BCUT2D eigenvalue weighted by molar-refractivity contribution is -0.106. The highest BCUT2D eigenvalue weighted by molar-refractivity contribution is 5.73. The van der Waals surface area contributed by atoms with E-state index < -0.39 is 6.29 Å². The largest absolute Gasteiger partial charge is 0.352 e. The van der Waals surface area contributed by atoms with Gasteiger partial charge in [0.15, 0.2) is 6.29 Å². The Balaban J connectivity index is 2.98. The van der Waals surface area contributed by atoms with Crippen LogP contribution in [0.4, 0.5) is 5.69 Å². The maximum atomic E-state index is 10.3. The molecule has 1 aromatic rings. The van der Waals surface area contributed by atoms with Crippen molar-refractivity contribution in [2.24, 2.45) is 0 Å². The summed E-state index contributed by atoms with van der Waals surface area (Å²) in [4.78, 5) is 10.3. The van der Waals surface area contributed by atoms with E-state index in [0.717, 1.165) is 5.56 Å². The number of nitrogens with one attached hydrogen (secondary N) is 1. The van der Waals surface area contributed by atoms with E-state index in [-0.39, 0.29) is 0 Å². The van der Waals surface area contributed by atoms with Crippen molar-refractivity contribution >= 4 is 12.1 Å². The molecule has 0 saturated carbocycles. The molecule has 0 atom stereocenters. The Hall–Kier alpha value is -1.39. The van der Waals surface area contributed by atoms with Crippen LogP contribution in [0.5, 0.6) is 0 Å². The molecular weight excluding hydrogens is 182 g/mol. The molecule has 0 saturated heterocycles. The summed E-state index contributed by atoms with van der Waals surface area (Å²) >= 11 is 0. The fourth-order valence-corrected chi connectivity index (χ4v) is 1.25. The van der Waals surface area contributed by atoms with Crippen LogP contribution in [-0.4, -0.2) is 20.6 Å². The first-order valence-corrected chi connectivity index (χ1v) is 4.18. The number of hydrogen-bond donors (Lipinski definition) is 1. The van der Waals surface area contributed by atoms with Crippen LogP contribution in [0.25, 0.3) is 0 Å². The minimum Gasteiger partial charge on any atom is -0.352 e. The zero-order valence-corrected chi connectivity index (χ0v) is 8.19. The Kier molecular flexibility index (Phi) is 4.10. The molecule has 0 aliphatic rings. The predicted octanol–water partition coefficient (Wildman–Crippen LogP) is 1.55. The Morgan fingerprint density at radius 3 is 2.50 bits per heavy atom. The van der Waals surface area contributed by atoms with Gasteiger partial charge >= 0.3 is 0 Å². The van der Waals surface area contributed by atoms with Crippen molar-refractivity contribution in [1.82, 2.24) is 0 Å². The molecule has 1 N–H and O–H groups in total. The van der Waals surface area contributed by atoms with Crippen molar-refractivity contribution in [1.29, 1.82) is 0 Å². The number of methoxy groups -OCH3 is 2. The van der Waals surface area contributed by atoms with Crippen molar-refractivity contribution in [3.8, 4) is 0 Å². The lowest BCUT2D eigenvalue weighted by Gasteiger charge is -2.16. The molecule has 4 nitrogen and oxygen atoms in total. The minimum atomic E-state index is -0.460. The van der Waals surface area contributed by atoms with Gasteiger partial charge < -0.3 is 14.8 Å². The van der Waals surface area contributed by atoms with E-state index in [0.29, 0.717) is 12.1 Å². The molecule has 0 unspecified atom stereocenters. The number of rotatable bonds is 5. The van der Waals surface area contributed by atoms with E-state index in [4.69, 9.17) is 9.47 Å². The molecule has 0 heterocycles. The highest BCUT2D eigenvalue weighted by Crippen LogP contribution is 2.24. The molecular formula is C10H13NO3. The first-order chi connectivity index (χ1) is 6.83. The van der Waals surface area contributed by atoms with E-state index in [9.17, 15) is 4.79 Å². The molecule has 0 spiro atoms. The average Bonchev–Trinajstić information content (AvgIpc) is 2.23. The van der Waals surface area contributed by atoms with Crippen LogP contribution >= 0.6 is 0 Å². The van der Waals surface area contributed by atoms with Gasteiger partial charge in [-0.15, -0.1) is 0 Å². The minimum absolute atomic E-state index is 0.460. The third kappa shape index (κ3) is 2.31. The molecule has 0 aliphatic carbocycles. The van der Waals surface area contributed by atoms with E-state index in [1.807, 2.05) is 18.2 Å². The SMILES string of the molecule is COC(OC)c1ccccc1NC=O. The fourth-order valence-electron chi connectivity index (χ4n) is 1.25. The van der Waals surface area contributed by atoms with E-state index in [1.54, 1.807) is 20.3 Å². The van der Waals surface area contributed by atoms with Crippen molar-refractivity contribution in [2.75, 3.05) is 19.5 Å². The molecule has 1 aromatic carbocycles. The molecule has 0 aliphatic heterocycles. The quantitative estimate of drug-likeness (QED) is 0.572. The molecule has 0 bridgehead atoms. The lowest BCUT2D eigenvalue weighted by atomic mass is 10.1. The molecule has 0 fully saturated rings. The molecule has 1 amide bonds. The van der Waals surface area contributed by atoms with Gasteiger partial charge in [0.05, 0.1) is 0 Å². The summed E-state index contributed by atoms with van der Waals surface area (Å²) in [5.41, 5.74) is 1.49. The van der Waals surface area contributed by atoms with Crippen molar-refractivity contribution in [3.63, 3.8) is 0 Å². The summed E-state index contributed by atoms with van der Waals surface area (Å²) in [5.74, 6) is 0. The number of carbonyl (C=O) groups is 1. The number of para-hydroxylation sites is 1. The van der Waals surface area contributed by atoms with Gasteiger partial charge in [-0.3, -0.25) is 4.79 Å². The summed E-state index contributed by atoms with van der Waals surface area (Å²) in [5, 5.41) is 2.58. The normalized spacial score (nSPS) is 10.2. The standard InChI is InChI=1S/C10H13NO3/c1-13-10(14-2)8-5-3-4-6-9(8)11-7-12/h3-7,10H,1-2H3,(H,11,12). The van der Waals surface area contributed by atoms with E-state index in [2.05, 4.69) is 5.32 Å². The number of carbonyl (C=O) groups excluding carboxylic acids is 1. The summed E-state index contributed by atoms with van der Waals surface area (Å²) in [6.07, 6.45) is 0.167. The van der Waals surface area contributed by atoms with Gasteiger partial charge in [-0.1, -0.05) is 18.2 Å². The number of hydrogen-bond acceptors (Lipinski definition) is 3. The van der Waals surface area contributed by atoms with Gasteiger partial charge in [-0.05, 0) is 6.07 Å². The number of anilines is 1. The second-order valence-corrected chi connectivity index (χ2v) is 2.65. The second kappa shape index (κ2) is 5.36. The van der Waals surface area contributed by atoms with E-state index >= 15 is 0 Å². The maximum Gasteiger partial charge on any atom is 0.211 e. The van der Waals surface area contributed by atoms with Gasteiger partial charge in [-0.2, -0.15) is 0 Å². The monoisotopic (exact) mass is 195 g/mol. The van der Waals surface area contributed by atoms with Gasteiger partial charge in [0.25, 0.3) is 0 Å². The van der Waals surface area contributed by atoms with Gasteiger partial charge in [0.2, 0.25) is 6.41 Å². The maximum absolute atomic E-state index is 10.3. The van der Waals surface area contributed by atoms with Gasteiger partial charge in [0.1, 0.15) is 0 Å². The highest BCUT2D eigenvalue weighted by Gasteiger charge is 2.12. The van der Waals surface area contributed by atoms with Crippen molar-refractivity contribution in [2.45, 2.75) is 6.29 Å². The molecule has 76 valence electrons. The average molecular weight is 195 g/mol. The lowest BCUT2D eigenvalue weighted by Crippen LogP contribution is -2.07. The smallest absolute Gasteiger partial charge is 0.211 e. The summed E-state index contributed by atoms with van der Waals surface area (Å²) in [6.45, 7) is 0. The third-order valence-electron chi connectivity index (χ3n) is 1.86. The third-order valence-corrected chi connectivity index (χ3v) is 1.86. The Morgan fingerprint density at radius 1 is 1.29 bits per heavy atom. The topological polar surface area (TPSA) is 47.6 Å². The summed E-state index contributed by atoms with van der Waals surface area (Å²) in [7, 11) is 3.09. The van der Waals surface area contributed by atoms with Crippen LogP contribution in [0, 0.1) is 0 Å². The molecule has 0 radical (unpaired) electrons. The van der Waals surface area contributed by atoms with Gasteiger partial charge in [-0.25, -0.2) is 0 Å². The van der Waals surface area contributed by atoms with Crippen LogP contribution in [-0.2, 0) is 14.3 Å². The Morgan fingerprint density at radius 2 is 1.93 bits per heavy atom. The van der Waals surface area contributed by atoms with Crippen molar-refractivity contribution in [3.05, 3.63) is 29.8 Å². The number of amides is 1. The number of ether oxygens (including phenoxy) is 2. The fraction of sp³-hybridized carbons (Fsp3) is 0.300. The molecule has 4 heteroatoms.